The van der Waals surface area contributed by atoms with Crippen LogP contribution in [0.4, 0.5) is 0 Å². The number of ether oxygens (including phenoxy) is 1. The molecule has 2 aromatic carbocycles. The highest BCUT2D eigenvalue weighted by molar-refractivity contribution is 6.16. The van der Waals surface area contributed by atoms with Gasteiger partial charge in [0.15, 0.2) is 17.2 Å². The largest absolute Gasteiger partial charge is 0.481 e. The molecule has 0 aliphatic heterocycles. The minimum Gasteiger partial charge on any atom is -0.481 e. The van der Waals surface area contributed by atoms with E-state index in [0.717, 1.165) is 11.1 Å². The van der Waals surface area contributed by atoms with Crippen LogP contribution in [0.15, 0.2) is 60.7 Å². The van der Waals surface area contributed by atoms with E-state index in [9.17, 15) is 28.8 Å². The molecule has 1 aliphatic carbocycles. The molecule has 0 heterocycles. The van der Waals surface area contributed by atoms with Crippen LogP contribution in [0.25, 0.3) is 0 Å². The minimum atomic E-state index is -2.74. The molecular weight excluding hydrogens is 602 g/mol. The topological polar surface area (TPSA) is 271 Å². The molecule has 0 aromatic heterocycles. The third kappa shape index (κ3) is 8.81. The predicted octanol–water partition coefficient (Wildman–Crippen LogP) is 0.447. The molecule has 3 atom stereocenters. The van der Waals surface area contributed by atoms with Crippen LogP contribution in [0.1, 0.15) is 50.2 Å². The van der Waals surface area contributed by atoms with Crippen LogP contribution in [0, 0.1) is 5.41 Å². The van der Waals surface area contributed by atoms with Gasteiger partial charge >= 0.3 is 23.9 Å². The molecule has 46 heavy (non-hydrogen) atoms. The van der Waals surface area contributed by atoms with Gasteiger partial charge in [0.25, 0.3) is 0 Å². The SMILES string of the molecule is CCOC(=O)C1(N)CCCC1(C(=O)C(N)Cc1ccccc1)C(=O)C(N)Cc1ccccc1.O=C(O)CC(O)(CC(=O)O)C(=O)O. The van der Waals surface area contributed by atoms with Crippen LogP contribution in [-0.4, -0.2) is 85.7 Å². The van der Waals surface area contributed by atoms with Crippen molar-refractivity contribution in [3.05, 3.63) is 71.8 Å². The number of hydrogen-bond donors (Lipinski definition) is 7. The van der Waals surface area contributed by atoms with Crippen molar-refractivity contribution < 1.29 is 53.9 Å². The van der Waals surface area contributed by atoms with Crippen molar-refractivity contribution in [2.45, 2.75) is 75.1 Å². The number of esters is 1. The van der Waals surface area contributed by atoms with E-state index in [-0.39, 0.29) is 32.3 Å². The van der Waals surface area contributed by atoms with Gasteiger partial charge in [-0.15, -0.1) is 0 Å². The summed E-state index contributed by atoms with van der Waals surface area (Å²) in [5.74, 6) is -6.88. The molecule has 0 bridgehead atoms. The third-order valence-corrected chi connectivity index (χ3v) is 7.92. The summed E-state index contributed by atoms with van der Waals surface area (Å²) >= 11 is 0. The first kappa shape index (κ1) is 37.7. The zero-order valence-corrected chi connectivity index (χ0v) is 25.5. The van der Waals surface area contributed by atoms with Crippen molar-refractivity contribution in [1.82, 2.24) is 0 Å². The van der Waals surface area contributed by atoms with Gasteiger partial charge in [0, 0.05) is 0 Å². The molecule has 1 aliphatic rings. The van der Waals surface area contributed by atoms with E-state index < -0.39 is 76.9 Å². The van der Waals surface area contributed by atoms with E-state index in [0.29, 0.717) is 6.42 Å². The molecule has 10 N–H and O–H groups in total. The van der Waals surface area contributed by atoms with Crippen LogP contribution < -0.4 is 17.2 Å². The fourth-order valence-electron chi connectivity index (χ4n) is 5.68. The summed E-state index contributed by atoms with van der Waals surface area (Å²) in [6.07, 6.45) is -1.15. The first-order valence-corrected chi connectivity index (χ1v) is 14.6. The maximum atomic E-state index is 13.9. The van der Waals surface area contributed by atoms with E-state index in [2.05, 4.69) is 0 Å². The van der Waals surface area contributed by atoms with Crippen molar-refractivity contribution in [3.8, 4) is 0 Å². The lowest BCUT2D eigenvalue weighted by Gasteiger charge is -2.41. The van der Waals surface area contributed by atoms with Gasteiger partial charge < -0.3 is 42.4 Å². The summed E-state index contributed by atoms with van der Waals surface area (Å²) in [7, 11) is 0. The Morgan fingerprint density at radius 3 is 1.54 bits per heavy atom. The average molecular weight is 644 g/mol. The number of carbonyl (C=O) groups excluding carboxylic acids is 3. The number of ketones is 2. The molecule has 0 spiro atoms. The van der Waals surface area contributed by atoms with Gasteiger partial charge in [-0.1, -0.05) is 60.7 Å². The van der Waals surface area contributed by atoms with E-state index in [1.54, 1.807) is 6.92 Å². The van der Waals surface area contributed by atoms with E-state index in [1.807, 2.05) is 60.7 Å². The first-order valence-electron chi connectivity index (χ1n) is 14.6. The second-order valence-corrected chi connectivity index (χ2v) is 11.2. The maximum Gasteiger partial charge on any atom is 0.336 e. The van der Waals surface area contributed by atoms with Gasteiger partial charge in [-0.3, -0.25) is 24.0 Å². The second kappa shape index (κ2) is 16.2. The summed E-state index contributed by atoms with van der Waals surface area (Å²) in [6.45, 7) is 1.74. The number of carboxylic acid groups (broad SMARTS) is 3. The quantitative estimate of drug-likeness (QED) is 0.103. The molecule has 1 saturated carbocycles. The summed E-state index contributed by atoms with van der Waals surface area (Å²) < 4.78 is 5.23. The summed E-state index contributed by atoms with van der Waals surface area (Å²) in [5, 5.41) is 33.8. The monoisotopic (exact) mass is 643 g/mol. The molecule has 250 valence electrons. The summed E-state index contributed by atoms with van der Waals surface area (Å²) in [4.78, 5) is 71.3. The summed E-state index contributed by atoms with van der Waals surface area (Å²) in [6, 6.07) is 16.5. The average Bonchev–Trinajstić information content (AvgIpc) is 3.35. The highest BCUT2D eigenvalue weighted by atomic mass is 16.5. The molecule has 14 nitrogen and oxygen atoms in total. The van der Waals surface area contributed by atoms with E-state index in [1.165, 1.54) is 0 Å². The second-order valence-electron chi connectivity index (χ2n) is 11.2. The van der Waals surface area contributed by atoms with E-state index in [4.69, 9.17) is 42.4 Å². The number of aliphatic hydroxyl groups is 1. The van der Waals surface area contributed by atoms with Gasteiger partial charge in [-0.25, -0.2) is 4.79 Å². The Balaban J connectivity index is 0.000000479. The van der Waals surface area contributed by atoms with Crippen LogP contribution in [0.3, 0.4) is 0 Å². The first-order chi connectivity index (χ1) is 21.5. The Kier molecular flexibility index (Phi) is 13.3. The third-order valence-electron chi connectivity index (χ3n) is 7.92. The van der Waals surface area contributed by atoms with Crippen LogP contribution >= 0.6 is 0 Å². The lowest BCUT2D eigenvalue weighted by Crippen LogP contribution is -2.69. The highest BCUT2D eigenvalue weighted by Gasteiger charge is 2.67. The van der Waals surface area contributed by atoms with Gasteiger partial charge in [0.2, 0.25) is 0 Å². The van der Waals surface area contributed by atoms with Crippen LogP contribution in [0.2, 0.25) is 0 Å². The number of nitrogens with two attached hydrogens (primary N) is 3. The molecule has 14 heteroatoms. The van der Waals surface area contributed by atoms with Gasteiger partial charge in [-0.05, 0) is 50.2 Å². The number of aliphatic carboxylic acids is 3. The molecular formula is C32H41N3O11. The molecule has 1 fully saturated rings. The normalized spacial score (nSPS) is 20.4. The van der Waals surface area contributed by atoms with Crippen molar-refractivity contribution in [1.29, 1.82) is 0 Å². The Hall–Kier alpha value is -4.50. The van der Waals surface area contributed by atoms with Crippen LogP contribution in [-0.2, 0) is 46.3 Å². The highest BCUT2D eigenvalue weighted by Crippen LogP contribution is 2.48. The fourth-order valence-corrected chi connectivity index (χ4v) is 5.68. The molecule has 0 amide bonds. The van der Waals surface area contributed by atoms with Crippen molar-refractivity contribution in [3.63, 3.8) is 0 Å². The number of carbonyl (C=O) groups is 6. The Morgan fingerprint density at radius 1 is 0.783 bits per heavy atom. The van der Waals surface area contributed by atoms with Crippen LogP contribution in [0.5, 0.6) is 0 Å². The molecule has 3 unspecified atom stereocenters. The van der Waals surface area contributed by atoms with Crippen molar-refractivity contribution >= 4 is 35.4 Å². The van der Waals surface area contributed by atoms with Gasteiger partial charge in [0.1, 0.15) is 11.0 Å². The number of carboxylic acids is 3. The van der Waals surface area contributed by atoms with Crippen molar-refractivity contribution in [2.24, 2.45) is 22.6 Å². The fraction of sp³-hybridized carbons (Fsp3) is 0.438. The lowest BCUT2D eigenvalue weighted by atomic mass is 9.62. The number of rotatable bonds is 15. The predicted molar refractivity (Wildman–Crippen MR) is 163 cm³/mol. The van der Waals surface area contributed by atoms with Gasteiger partial charge in [-0.2, -0.15) is 0 Å². The zero-order valence-electron chi connectivity index (χ0n) is 25.5. The number of hydrogen-bond acceptors (Lipinski definition) is 11. The Bertz CT molecular complexity index is 1330. The molecule has 0 radical (unpaired) electrons. The van der Waals surface area contributed by atoms with E-state index >= 15 is 0 Å². The summed E-state index contributed by atoms with van der Waals surface area (Å²) in [5.41, 5.74) is 14.6. The number of benzene rings is 2. The minimum absolute atomic E-state index is 0.0857. The zero-order chi connectivity index (χ0) is 34.7. The lowest BCUT2D eigenvalue weighted by molar-refractivity contribution is -0.170. The molecule has 3 rings (SSSR count). The Labute approximate surface area is 265 Å². The Morgan fingerprint density at radius 2 is 1.20 bits per heavy atom. The smallest absolute Gasteiger partial charge is 0.336 e. The molecule has 2 aromatic rings. The maximum absolute atomic E-state index is 13.9. The van der Waals surface area contributed by atoms with Crippen molar-refractivity contribution in [2.75, 3.05) is 6.61 Å². The standard InChI is InChI=1S/C26H33N3O4.C6H8O7/c1-2-33-24(32)26(29)15-9-14-25(26,22(30)20(27)16-18-10-5-3-6-11-18)23(31)21(28)17-19-12-7-4-8-13-19;7-3(8)1-6(13,5(11)12)2-4(9)10/h3-8,10-13,20-21H,2,9,14-17,27-29H2,1H3;13H,1-2H2,(H,7,8)(H,9,10)(H,11,12). The molecule has 0 saturated heterocycles. The number of Topliss-reactive ketones (excluding diaryl/α,β-unsaturated/α-hetero) is 2. The van der Waals surface area contributed by atoms with Gasteiger partial charge in [0.05, 0.1) is 31.5 Å².